The van der Waals surface area contributed by atoms with Gasteiger partial charge in [0.05, 0.1) is 5.56 Å². The Morgan fingerprint density at radius 3 is 2.55 bits per heavy atom. The predicted molar refractivity (Wildman–Crippen MR) is 121 cm³/mol. The zero-order chi connectivity index (χ0) is 20.2. The highest BCUT2D eigenvalue weighted by atomic mass is 32.2. The standard InChI is InChI=1S/C24H27N3OS/c1-18(14-19-5-6-21-16-23(29-2)8-7-20(21)15-19)26-10-12-27(13-11-26)24(28)22-4-3-9-25-17-22/h3-9,15-18H,10-14H2,1-2H3. The fraction of sp³-hybridized carbons (Fsp3) is 0.333. The second-order valence-corrected chi connectivity index (χ2v) is 8.55. The summed E-state index contributed by atoms with van der Waals surface area (Å²) in [4.78, 5) is 22.4. The molecule has 1 fully saturated rings. The van der Waals surface area contributed by atoms with Crippen molar-refractivity contribution < 1.29 is 4.79 Å². The molecule has 1 aliphatic rings. The molecule has 0 radical (unpaired) electrons. The van der Waals surface area contributed by atoms with Gasteiger partial charge in [-0.1, -0.05) is 24.3 Å². The highest BCUT2D eigenvalue weighted by molar-refractivity contribution is 7.98. The first-order valence-corrected chi connectivity index (χ1v) is 11.4. The molecule has 29 heavy (non-hydrogen) atoms. The smallest absolute Gasteiger partial charge is 0.255 e. The monoisotopic (exact) mass is 405 g/mol. The lowest BCUT2D eigenvalue weighted by atomic mass is 10.0. The minimum absolute atomic E-state index is 0.0875. The Labute approximate surface area is 176 Å². The number of piperazine rings is 1. The average Bonchev–Trinajstić information content (AvgIpc) is 2.79. The number of benzene rings is 2. The highest BCUT2D eigenvalue weighted by Crippen LogP contribution is 2.24. The fourth-order valence-electron chi connectivity index (χ4n) is 4.04. The predicted octanol–water partition coefficient (Wildman–Crippen LogP) is 4.35. The Morgan fingerprint density at radius 2 is 1.83 bits per heavy atom. The maximum atomic E-state index is 12.6. The fourth-order valence-corrected chi connectivity index (χ4v) is 4.48. The molecule has 4 nitrogen and oxygen atoms in total. The molecule has 0 N–H and O–H groups in total. The zero-order valence-corrected chi connectivity index (χ0v) is 17.9. The van der Waals surface area contributed by atoms with Gasteiger partial charge in [0.2, 0.25) is 0 Å². The van der Waals surface area contributed by atoms with Crippen LogP contribution in [0.5, 0.6) is 0 Å². The molecule has 1 aliphatic heterocycles. The molecule has 1 saturated heterocycles. The number of nitrogens with zero attached hydrogens (tertiary/aromatic N) is 3. The normalized spacial score (nSPS) is 16.1. The highest BCUT2D eigenvalue weighted by Gasteiger charge is 2.24. The van der Waals surface area contributed by atoms with E-state index in [4.69, 9.17) is 0 Å². The summed E-state index contributed by atoms with van der Waals surface area (Å²) >= 11 is 1.78. The van der Waals surface area contributed by atoms with Crippen LogP contribution < -0.4 is 0 Å². The molecule has 0 aliphatic carbocycles. The van der Waals surface area contributed by atoms with Crippen LogP contribution in [0.2, 0.25) is 0 Å². The Morgan fingerprint density at radius 1 is 1.07 bits per heavy atom. The molecule has 150 valence electrons. The molecule has 5 heteroatoms. The van der Waals surface area contributed by atoms with Crippen LogP contribution in [-0.2, 0) is 6.42 Å². The van der Waals surface area contributed by atoms with E-state index < -0.39 is 0 Å². The lowest BCUT2D eigenvalue weighted by molar-refractivity contribution is 0.0582. The first-order valence-electron chi connectivity index (χ1n) is 10.1. The maximum absolute atomic E-state index is 12.6. The summed E-state index contributed by atoms with van der Waals surface area (Å²) in [7, 11) is 0. The van der Waals surface area contributed by atoms with Gasteiger partial charge in [-0.05, 0) is 60.2 Å². The van der Waals surface area contributed by atoms with Crippen molar-refractivity contribution in [2.24, 2.45) is 0 Å². The van der Waals surface area contributed by atoms with Gasteiger partial charge in [0.25, 0.3) is 5.91 Å². The van der Waals surface area contributed by atoms with Gasteiger partial charge in [0.1, 0.15) is 0 Å². The van der Waals surface area contributed by atoms with Crippen molar-refractivity contribution in [3.63, 3.8) is 0 Å². The third-order valence-corrected chi connectivity index (χ3v) is 6.50. The minimum atomic E-state index is 0.0875. The van der Waals surface area contributed by atoms with Crippen molar-refractivity contribution in [1.29, 1.82) is 0 Å². The summed E-state index contributed by atoms with van der Waals surface area (Å²) in [5.74, 6) is 0.0875. The lowest BCUT2D eigenvalue weighted by Crippen LogP contribution is -2.51. The van der Waals surface area contributed by atoms with Gasteiger partial charge < -0.3 is 4.90 Å². The van der Waals surface area contributed by atoms with E-state index >= 15 is 0 Å². The van der Waals surface area contributed by atoms with Crippen LogP contribution >= 0.6 is 11.8 Å². The second-order valence-electron chi connectivity index (χ2n) is 7.67. The van der Waals surface area contributed by atoms with Crippen molar-refractivity contribution in [3.05, 3.63) is 72.1 Å². The molecule has 0 saturated carbocycles. The van der Waals surface area contributed by atoms with Crippen molar-refractivity contribution in [3.8, 4) is 0 Å². The van der Waals surface area contributed by atoms with E-state index in [1.54, 1.807) is 24.2 Å². The number of hydrogen-bond donors (Lipinski definition) is 0. The Hall–Kier alpha value is -2.37. The van der Waals surface area contributed by atoms with E-state index in [0.29, 0.717) is 11.6 Å². The van der Waals surface area contributed by atoms with Crippen LogP contribution in [0.15, 0.2) is 65.8 Å². The number of carbonyl (C=O) groups excluding carboxylic acids is 1. The average molecular weight is 406 g/mol. The van der Waals surface area contributed by atoms with E-state index in [1.807, 2.05) is 17.0 Å². The SMILES string of the molecule is CSc1ccc2cc(CC(C)N3CCN(C(=O)c4cccnc4)CC3)ccc2c1. The quantitative estimate of drug-likeness (QED) is 0.592. The van der Waals surface area contributed by atoms with Crippen LogP contribution in [0.4, 0.5) is 0 Å². The van der Waals surface area contributed by atoms with Crippen LogP contribution in [0.3, 0.4) is 0 Å². The molecular formula is C24H27N3OS. The summed E-state index contributed by atoms with van der Waals surface area (Å²) in [6.45, 7) is 5.66. The third-order valence-electron chi connectivity index (χ3n) is 5.78. The van der Waals surface area contributed by atoms with Gasteiger partial charge in [0, 0.05) is 49.5 Å². The van der Waals surface area contributed by atoms with Crippen molar-refractivity contribution in [2.45, 2.75) is 24.3 Å². The van der Waals surface area contributed by atoms with Gasteiger partial charge >= 0.3 is 0 Å². The van der Waals surface area contributed by atoms with E-state index in [2.05, 4.69) is 59.5 Å². The molecule has 2 aromatic carbocycles. The summed E-state index contributed by atoms with van der Waals surface area (Å²) in [6, 6.07) is 17.6. The Kier molecular flexibility index (Phi) is 6.16. The third kappa shape index (κ3) is 4.62. The van der Waals surface area contributed by atoms with Gasteiger partial charge in [-0.3, -0.25) is 14.7 Å². The number of amides is 1. The van der Waals surface area contributed by atoms with Gasteiger partial charge in [0.15, 0.2) is 0 Å². The summed E-state index contributed by atoms with van der Waals surface area (Å²) in [5.41, 5.74) is 2.05. The number of carbonyl (C=O) groups is 1. The van der Waals surface area contributed by atoms with Crippen molar-refractivity contribution in [1.82, 2.24) is 14.8 Å². The number of thioether (sulfide) groups is 1. The van der Waals surface area contributed by atoms with Gasteiger partial charge in [-0.25, -0.2) is 0 Å². The first-order chi connectivity index (χ1) is 14.1. The molecule has 1 unspecified atom stereocenters. The molecule has 1 amide bonds. The molecule has 4 rings (SSSR count). The molecule has 1 atom stereocenters. The molecule has 1 aromatic heterocycles. The van der Waals surface area contributed by atoms with Crippen molar-refractivity contribution in [2.75, 3.05) is 32.4 Å². The second kappa shape index (κ2) is 8.97. The Bertz CT molecular complexity index is 984. The van der Waals surface area contributed by atoms with Crippen molar-refractivity contribution >= 4 is 28.4 Å². The number of rotatable bonds is 5. The summed E-state index contributed by atoms with van der Waals surface area (Å²) < 4.78 is 0. The minimum Gasteiger partial charge on any atom is -0.336 e. The molecule has 0 spiro atoms. The molecule has 3 aromatic rings. The number of pyridine rings is 1. The molecular weight excluding hydrogens is 378 g/mol. The van der Waals surface area contributed by atoms with Gasteiger partial charge in [-0.15, -0.1) is 11.8 Å². The molecule has 0 bridgehead atoms. The summed E-state index contributed by atoms with van der Waals surface area (Å²) in [6.07, 6.45) is 6.49. The molecule has 2 heterocycles. The zero-order valence-electron chi connectivity index (χ0n) is 17.0. The number of hydrogen-bond acceptors (Lipinski definition) is 4. The van der Waals surface area contributed by atoms with Crippen LogP contribution in [0, 0.1) is 0 Å². The number of aromatic nitrogens is 1. The Balaban J connectivity index is 1.35. The first kappa shape index (κ1) is 19.9. The largest absolute Gasteiger partial charge is 0.336 e. The van der Waals surface area contributed by atoms with Crippen LogP contribution in [-0.4, -0.2) is 59.2 Å². The van der Waals surface area contributed by atoms with Crippen LogP contribution in [0.25, 0.3) is 10.8 Å². The number of fused-ring (bicyclic) bond motifs is 1. The van der Waals surface area contributed by atoms with E-state index in [-0.39, 0.29) is 5.91 Å². The summed E-state index contributed by atoms with van der Waals surface area (Å²) in [5, 5.41) is 2.61. The maximum Gasteiger partial charge on any atom is 0.255 e. The van der Waals surface area contributed by atoms with E-state index in [9.17, 15) is 4.79 Å². The topological polar surface area (TPSA) is 36.4 Å². The van der Waals surface area contributed by atoms with Crippen LogP contribution in [0.1, 0.15) is 22.8 Å². The lowest BCUT2D eigenvalue weighted by Gasteiger charge is -2.38. The van der Waals surface area contributed by atoms with E-state index in [0.717, 1.165) is 32.6 Å². The van der Waals surface area contributed by atoms with E-state index in [1.165, 1.54) is 21.2 Å². The van der Waals surface area contributed by atoms with Gasteiger partial charge in [-0.2, -0.15) is 0 Å².